The van der Waals surface area contributed by atoms with Gasteiger partial charge in [0.15, 0.2) is 5.72 Å². The zero-order valence-electron chi connectivity index (χ0n) is 11.6. The summed E-state index contributed by atoms with van der Waals surface area (Å²) in [5, 5.41) is 5.45. The Morgan fingerprint density at radius 3 is 3.05 bits per heavy atom. The number of urea groups is 1. The van der Waals surface area contributed by atoms with Gasteiger partial charge in [-0.05, 0) is 13.0 Å². The van der Waals surface area contributed by atoms with Gasteiger partial charge in [-0.3, -0.25) is 10.1 Å². The molecule has 2 aliphatic heterocycles. The van der Waals surface area contributed by atoms with E-state index >= 15 is 0 Å². The van der Waals surface area contributed by atoms with E-state index in [0.29, 0.717) is 5.75 Å². The fraction of sp³-hybridized carbons (Fsp3) is 0.333. The maximum atomic E-state index is 12.4. The zero-order valence-corrected chi connectivity index (χ0v) is 11.6. The Kier molecular flexibility index (Phi) is 3.08. The van der Waals surface area contributed by atoms with Gasteiger partial charge in [-0.15, -0.1) is 0 Å². The number of benzene rings is 1. The Hall–Kier alpha value is -2.50. The first-order valence-electron chi connectivity index (χ1n) is 6.69. The molecule has 0 aliphatic carbocycles. The summed E-state index contributed by atoms with van der Waals surface area (Å²) in [6.07, 6.45) is 1.50. The van der Waals surface area contributed by atoms with Crippen LogP contribution in [0, 0.1) is 5.92 Å². The smallest absolute Gasteiger partial charge is 0.318 e. The summed E-state index contributed by atoms with van der Waals surface area (Å²) >= 11 is 0. The van der Waals surface area contributed by atoms with Gasteiger partial charge in [-0.1, -0.05) is 30.9 Å². The first-order chi connectivity index (χ1) is 10.0. The van der Waals surface area contributed by atoms with Gasteiger partial charge in [0.1, 0.15) is 18.3 Å². The summed E-state index contributed by atoms with van der Waals surface area (Å²) < 4.78 is 11.0. The lowest BCUT2D eigenvalue weighted by atomic mass is 9.80. The molecule has 3 atom stereocenters. The van der Waals surface area contributed by atoms with E-state index in [0.717, 1.165) is 5.56 Å². The van der Waals surface area contributed by atoms with Crippen molar-refractivity contribution in [3.05, 3.63) is 42.5 Å². The predicted molar refractivity (Wildman–Crippen MR) is 74.5 cm³/mol. The van der Waals surface area contributed by atoms with Crippen molar-refractivity contribution in [1.82, 2.24) is 10.6 Å². The fourth-order valence-electron chi connectivity index (χ4n) is 2.88. The Morgan fingerprint density at radius 1 is 1.52 bits per heavy atom. The highest BCUT2D eigenvalue weighted by atomic mass is 16.5. The van der Waals surface area contributed by atoms with Crippen LogP contribution in [0.5, 0.6) is 5.75 Å². The SMILES string of the molecule is C=CCOC(=O)[C@@H]1[C@@H]2NC(=O)N[C@]1(C)Oc1ccccc12. The van der Waals surface area contributed by atoms with E-state index in [2.05, 4.69) is 17.2 Å². The minimum atomic E-state index is -1.14. The number of hydrogen-bond acceptors (Lipinski definition) is 4. The topological polar surface area (TPSA) is 76.7 Å². The number of carbonyl (C=O) groups is 2. The van der Waals surface area contributed by atoms with E-state index in [9.17, 15) is 9.59 Å². The second kappa shape index (κ2) is 4.80. The monoisotopic (exact) mass is 288 g/mol. The van der Waals surface area contributed by atoms with Gasteiger partial charge in [-0.25, -0.2) is 4.79 Å². The minimum absolute atomic E-state index is 0.119. The first kappa shape index (κ1) is 13.5. The highest BCUT2D eigenvalue weighted by Gasteiger charge is 2.56. The Balaban J connectivity index is 2.03. The Morgan fingerprint density at radius 2 is 2.29 bits per heavy atom. The van der Waals surface area contributed by atoms with Gasteiger partial charge in [0.2, 0.25) is 0 Å². The molecule has 2 amide bonds. The molecule has 110 valence electrons. The molecule has 2 aliphatic rings. The van der Waals surface area contributed by atoms with Gasteiger partial charge in [0, 0.05) is 5.56 Å². The van der Waals surface area contributed by atoms with Crippen LogP contribution in [0.2, 0.25) is 0 Å². The van der Waals surface area contributed by atoms with Crippen molar-refractivity contribution < 1.29 is 19.1 Å². The van der Waals surface area contributed by atoms with Crippen molar-refractivity contribution in [2.45, 2.75) is 18.7 Å². The van der Waals surface area contributed by atoms with E-state index in [1.165, 1.54) is 6.08 Å². The van der Waals surface area contributed by atoms with Crippen LogP contribution in [-0.2, 0) is 9.53 Å². The first-order valence-corrected chi connectivity index (χ1v) is 6.69. The number of carbonyl (C=O) groups excluding carboxylic acids is 2. The van der Waals surface area contributed by atoms with Gasteiger partial charge < -0.3 is 14.8 Å². The molecule has 2 N–H and O–H groups in total. The van der Waals surface area contributed by atoms with Gasteiger partial charge in [0.25, 0.3) is 0 Å². The number of ether oxygens (including phenoxy) is 2. The molecule has 0 saturated carbocycles. The summed E-state index contributed by atoms with van der Waals surface area (Å²) in [7, 11) is 0. The fourth-order valence-corrected chi connectivity index (χ4v) is 2.88. The third-order valence-electron chi connectivity index (χ3n) is 3.75. The van der Waals surface area contributed by atoms with Crippen LogP contribution in [0.4, 0.5) is 4.79 Å². The molecule has 0 unspecified atom stereocenters. The standard InChI is InChI=1S/C15H16N2O4/c1-3-8-20-13(18)11-12-9-6-4-5-7-10(9)21-15(11,2)17-14(19)16-12/h3-7,11-12H,1,8H2,2H3,(H2,16,17,19)/t11-,12+,15+/m0/s1. The zero-order chi connectivity index (χ0) is 15.0. The van der Waals surface area contributed by atoms with Gasteiger partial charge in [-0.2, -0.15) is 0 Å². The van der Waals surface area contributed by atoms with E-state index in [-0.39, 0.29) is 12.6 Å². The lowest BCUT2D eigenvalue weighted by Crippen LogP contribution is -2.70. The predicted octanol–water partition coefficient (Wildman–Crippen LogP) is 1.49. The highest BCUT2D eigenvalue weighted by molar-refractivity contribution is 5.84. The van der Waals surface area contributed by atoms with E-state index in [1.54, 1.807) is 6.92 Å². The summed E-state index contributed by atoms with van der Waals surface area (Å²) in [4.78, 5) is 24.2. The van der Waals surface area contributed by atoms with E-state index < -0.39 is 23.7 Å². The average Bonchev–Trinajstić information content (AvgIpc) is 2.43. The second-order valence-electron chi connectivity index (χ2n) is 5.22. The number of nitrogens with one attached hydrogen (secondary N) is 2. The minimum Gasteiger partial charge on any atom is -0.467 e. The van der Waals surface area contributed by atoms with Crippen LogP contribution < -0.4 is 15.4 Å². The van der Waals surface area contributed by atoms with Gasteiger partial charge in [0.05, 0.1) is 6.04 Å². The van der Waals surface area contributed by atoms with Crippen LogP contribution in [0.25, 0.3) is 0 Å². The van der Waals surface area contributed by atoms with Crippen LogP contribution >= 0.6 is 0 Å². The van der Waals surface area contributed by atoms with Crippen molar-refractivity contribution in [2.24, 2.45) is 5.92 Å². The largest absolute Gasteiger partial charge is 0.467 e. The van der Waals surface area contributed by atoms with Crippen LogP contribution in [0.3, 0.4) is 0 Å². The average molecular weight is 288 g/mol. The van der Waals surface area contributed by atoms with Crippen LogP contribution in [0.15, 0.2) is 36.9 Å². The number of esters is 1. The molecule has 2 bridgehead atoms. The summed E-state index contributed by atoms with van der Waals surface area (Å²) in [5.74, 6) is -0.472. The molecule has 0 radical (unpaired) electrons. The molecule has 1 aromatic rings. The number of rotatable bonds is 3. The molecular weight excluding hydrogens is 272 g/mol. The van der Waals surface area contributed by atoms with Crippen molar-refractivity contribution in [2.75, 3.05) is 6.61 Å². The molecule has 6 heteroatoms. The molecule has 1 saturated heterocycles. The van der Waals surface area contributed by atoms with E-state index in [4.69, 9.17) is 9.47 Å². The lowest BCUT2D eigenvalue weighted by Gasteiger charge is -2.48. The van der Waals surface area contributed by atoms with Crippen molar-refractivity contribution in [3.8, 4) is 5.75 Å². The molecule has 1 fully saturated rings. The Labute approximate surface area is 122 Å². The van der Waals surface area contributed by atoms with Crippen molar-refractivity contribution in [3.63, 3.8) is 0 Å². The van der Waals surface area contributed by atoms with Crippen LogP contribution in [0.1, 0.15) is 18.5 Å². The molecule has 0 aromatic heterocycles. The summed E-state index contributed by atoms with van der Waals surface area (Å²) in [6.45, 7) is 5.32. The number of para-hydroxylation sites is 1. The van der Waals surface area contributed by atoms with Crippen molar-refractivity contribution in [1.29, 1.82) is 0 Å². The molecular formula is C15H16N2O4. The summed E-state index contributed by atoms with van der Waals surface area (Å²) in [6, 6.07) is 6.47. The molecule has 0 spiro atoms. The molecule has 3 rings (SSSR count). The third-order valence-corrected chi connectivity index (χ3v) is 3.75. The van der Waals surface area contributed by atoms with Crippen LogP contribution in [-0.4, -0.2) is 24.3 Å². The lowest BCUT2D eigenvalue weighted by molar-refractivity contribution is -0.162. The molecule has 21 heavy (non-hydrogen) atoms. The highest BCUT2D eigenvalue weighted by Crippen LogP contribution is 2.44. The maximum absolute atomic E-state index is 12.4. The second-order valence-corrected chi connectivity index (χ2v) is 5.22. The number of amides is 2. The third kappa shape index (κ3) is 2.12. The molecule has 6 nitrogen and oxygen atoms in total. The van der Waals surface area contributed by atoms with E-state index in [1.807, 2.05) is 24.3 Å². The van der Waals surface area contributed by atoms with Crippen molar-refractivity contribution >= 4 is 12.0 Å². The van der Waals surface area contributed by atoms with Gasteiger partial charge >= 0.3 is 12.0 Å². The quantitative estimate of drug-likeness (QED) is 0.652. The summed E-state index contributed by atoms with van der Waals surface area (Å²) in [5.41, 5.74) is -0.370. The normalized spacial score (nSPS) is 29.3. The number of hydrogen-bond donors (Lipinski definition) is 2. The Bertz CT molecular complexity index is 615. The molecule has 1 aromatic carbocycles. The molecule has 2 heterocycles. The maximum Gasteiger partial charge on any atom is 0.318 e. The number of fused-ring (bicyclic) bond motifs is 4.